The number of amides is 1. The maximum absolute atomic E-state index is 12.1. The minimum Gasteiger partial charge on any atom is -0.378 e. The average Bonchev–Trinajstić information content (AvgIpc) is 2.97. The predicted octanol–water partition coefficient (Wildman–Crippen LogP) is 2.37. The van der Waals surface area contributed by atoms with Crippen LogP contribution in [-0.4, -0.2) is 35.9 Å². The zero-order valence-electron chi connectivity index (χ0n) is 13.4. The first-order chi connectivity index (χ1) is 11.1. The number of anilines is 1. The second kappa shape index (κ2) is 6.52. The number of hydrogen-bond donors (Lipinski definition) is 1. The molecule has 0 atom stereocenters. The molecule has 2 aromatic heterocycles. The summed E-state index contributed by atoms with van der Waals surface area (Å²) in [5.41, 5.74) is 3.64. The van der Waals surface area contributed by atoms with Gasteiger partial charge >= 0.3 is 0 Å². The highest BCUT2D eigenvalue weighted by molar-refractivity contribution is 5.94. The Kier molecular flexibility index (Phi) is 4.28. The van der Waals surface area contributed by atoms with Crippen LogP contribution in [0.15, 0.2) is 54.9 Å². The average molecular weight is 308 g/mol. The van der Waals surface area contributed by atoms with E-state index in [1.54, 1.807) is 0 Å². The van der Waals surface area contributed by atoms with Crippen LogP contribution in [0.5, 0.6) is 0 Å². The molecule has 0 bridgehead atoms. The molecule has 23 heavy (non-hydrogen) atoms. The van der Waals surface area contributed by atoms with Gasteiger partial charge < -0.3 is 14.6 Å². The van der Waals surface area contributed by atoms with Gasteiger partial charge in [0.15, 0.2) is 0 Å². The number of rotatable bonds is 5. The molecule has 3 rings (SSSR count). The second-order valence-corrected chi connectivity index (χ2v) is 5.65. The van der Waals surface area contributed by atoms with E-state index in [1.807, 2.05) is 78.3 Å². The van der Waals surface area contributed by atoms with Gasteiger partial charge in [0, 0.05) is 50.7 Å². The van der Waals surface area contributed by atoms with Crippen LogP contribution in [0.25, 0.3) is 5.65 Å². The number of carbonyl (C=O) groups excluding carboxylic acids is 1. The molecule has 118 valence electrons. The highest BCUT2D eigenvalue weighted by atomic mass is 16.1. The SMILES string of the molecule is CN(C)c1ccc(C(=O)NCCc2cn3ccccc3n2)cc1. The van der Waals surface area contributed by atoms with E-state index in [9.17, 15) is 4.79 Å². The van der Waals surface area contributed by atoms with E-state index >= 15 is 0 Å². The molecule has 5 heteroatoms. The summed E-state index contributed by atoms with van der Waals surface area (Å²) in [6.45, 7) is 0.568. The summed E-state index contributed by atoms with van der Waals surface area (Å²) in [7, 11) is 3.95. The molecule has 1 N–H and O–H groups in total. The van der Waals surface area contributed by atoms with E-state index in [2.05, 4.69) is 10.3 Å². The summed E-state index contributed by atoms with van der Waals surface area (Å²) in [4.78, 5) is 18.7. The molecular formula is C18H20N4O. The summed E-state index contributed by atoms with van der Waals surface area (Å²) in [6.07, 6.45) is 4.67. The molecule has 0 spiro atoms. The number of nitrogens with one attached hydrogen (secondary N) is 1. The van der Waals surface area contributed by atoms with Crippen molar-refractivity contribution >= 4 is 17.2 Å². The van der Waals surface area contributed by atoms with Gasteiger partial charge in [0.05, 0.1) is 5.69 Å². The molecule has 1 aromatic carbocycles. The molecule has 0 saturated heterocycles. The highest BCUT2D eigenvalue weighted by Crippen LogP contribution is 2.12. The van der Waals surface area contributed by atoms with Crippen LogP contribution in [0, 0.1) is 0 Å². The standard InChI is InChI=1S/C18H20N4O/c1-21(2)16-8-6-14(7-9-16)18(23)19-11-10-15-13-22-12-4-3-5-17(22)20-15/h3-9,12-13H,10-11H2,1-2H3,(H,19,23). The summed E-state index contributed by atoms with van der Waals surface area (Å²) < 4.78 is 1.98. The molecule has 0 aliphatic heterocycles. The van der Waals surface area contributed by atoms with E-state index in [0.29, 0.717) is 18.5 Å². The number of imidazole rings is 1. The van der Waals surface area contributed by atoms with Crippen LogP contribution in [0.4, 0.5) is 5.69 Å². The van der Waals surface area contributed by atoms with E-state index in [-0.39, 0.29) is 5.91 Å². The second-order valence-electron chi connectivity index (χ2n) is 5.65. The fourth-order valence-corrected chi connectivity index (χ4v) is 2.42. The van der Waals surface area contributed by atoms with E-state index in [4.69, 9.17) is 0 Å². The van der Waals surface area contributed by atoms with Gasteiger partial charge in [-0.1, -0.05) is 6.07 Å². The lowest BCUT2D eigenvalue weighted by molar-refractivity contribution is 0.0954. The molecule has 0 unspecified atom stereocenters. The van der Waals surface area contributed by atoms with Gasteiger partial charge in [0.1, 0.15) is 5.65 Å². The van der Waals surface area contributed by atoms with Crippen LogP contribution in [-0.2, 0) is 6.42 Å². The van der Waals surface area contributed by atoms with Crippen LogP contribution >= 0.6 is 0 Å². The molecule has 2 heterocycles. The van der Waals surface area contributed by atoms with Gasteiger partial charge in [-0.2, -0.15) is 0 Å². The molecule has 3 aromatic rings. The van der Waals surface area contributed by atoms with Gasteiger partial charge in [-0.3, -0.25) is 4.79 Å². The largest absolute Gasteiger partial charge is 0.378 e. The van der Waals surface area contributed by atoms with Crippen LogP contribution in [0.2, 0.25) is 0 Å². The minimum absolute atomic E-state index is 0.0564. The molecule has 1 amide bonds. The number of nitrogens with zero attached hydrogens (tertiary/aromatic N) is 3. The highest BCUT2D eigenvalue weighted by Gasteiger charge is 2.06. The van der Waals surface area contributed by atoms with Crippen molar-refractivity contribution in [1.29, 1.82) is 0 Å². The minimum atomic E-state index is -0.0564. The van der Waals surface area contributed by atoms with Crippen molar-refractivity contribution < 1.29 is 4.79 Å². The number of pyridine rings is 1. The number of aromatic nitrogens is 2. The normalized spacial score (nSPS) is 10.7. The maximum Gasteiger partial charge on any atom is 0.251 e. The van der Waals surface area contributed by atoms with Crippen molar-refractivity contribution in [2.45, 2.75) is 6.42 Å². The first kappa shape index (κ1) is 15.1. The lowest BCUT2D eigenvalue weighted by atomic mass is 10.2. The monoisotopic (exact) mass is 308 g/mol. The Hall–Kier alpha value is -2.82. The van der Waals surface area contributed by atoms with E-state index in [0.717, 1.165) is 17.0 Å². The van der Waals surface area contributed by atoms with E-state index < -0.39 is 0 Å². The van der Waals surface area contributed by atoms with Gasteiger partial charge in [-0.05, 0) is 36.4 Å². The number of carbonyl (C=O) groups is 1. The van der Waals surface area contributed by atoms with Crippen molar-refractivity contribution in [3.8, 4) is 0 Å². The Bertz CT molecular complexity index is 772. The Morgan fingerprint density at radius 1 is 1.17 bits per heavy atom. The van der Waals surface area contributed by atoms with Gasteiger partial charge in [0.25, 0.3) is 5.91 Å². The van der Waals surface area contributed by atoms with Crippen LogP contribution in [0.1, 0.15) is 16.1 Å². The van der Waals surface area contributed by atoms with Crippen molar-refractivity contribution in [3.63, 3.8) is 0 Å². The molecule has 0 aliphatic rings. The van der Waals surface area contributed by atoms with Crippen molar-refractivity contribution in [2.75, 3.05) is 25.5 Å². The van der Waals surface area contributed by atoms with Crippen LogP contribution in [0.3, 0.4) is 0 Å². The van der Waals surface area contributed by atoms with E-state index in [1.165, 1.54) is 0 Å². The zero-order chi connectivity index (χ0) is 16.2. The van der Waals surface area contributed by atoms with Crippen molar-refractivity contribution in [2.24, 2.45) is 0 Å². The molecule has 0 fully saturated rings. The lowest BCUT2D eigenvalue weighted by Crippen LogP contribution is -2.25. The Morgan fingerprint density at radius 3 is 2.65 bits per heavy atom. The predicted molar refractivity (Wildman–Crippen MR) is 92.0 cm³/mol. The fraction of sp³-hybridized carbons (Fsp3) is 0.222. The molecular weight excluding hydrogens is 288 g/mol. The molecule has 0 radical (unpaired) electrons. The first-order valence-electron chi connectivity index (χ1n) is 7.62. The van der Waals surface area contributed by atoms with Gasteiger partial charge in [-0.15, -0.1) is 0 Å². The molecule has 5 nitrogen and oxygen atoms in total. The summed E-state index contributed by atoms with van der Waals surface area (Å²) in [5, 5.41) is 2.94. The lowest BCUT2D eigenvalue weighted by Gasteiger charge is -2.12. The third kappa shape index (κ3) is 3.51. The number of benzene rings is 1. The van der Waals surface area contributed by atoms with Gasteiger partial charge in [-0.25, -0.2) is 4.98 Å². The Morgan fingerprint density at radius 2 is 1.96 bits per heavy atom. The van der Waals surface area contributed by atoms with Gasteiger partial charge in [0.2, 0.25) is 0 Å². The third-order valence-corrected chi connectivity index (χ3v) is 3.73. The third-order valence-electron chi connectivity index (χ3n) is 3.73. The van der Waals surface area contributed by atoms with Crippen molar-refractivity contribution in [3.05, 3.63) is 66.1 Å². The summed E-state index contributed by atoms with van der Waals surface area (Å²) in [6, 6.07) is 13.5. The Labute approximate surface area is 135 Å². The molecule has 0 saturated carbocycles. The molecule has 0 aliphatic carbocycles. The van der Waals surface area contributed by atoms with Crippen molar-refractivity contribution in [1.82, 2.24) is 14.7 Å². The first-order valence-corrected chi connectivity index (χ1v) is 7.62. The maximum atomic E-state index is 12.1. The smallest absolute Gasteiger partial charge is 0.251 e. The summed E-state index contributed by atoms with van der Waals surface area (Å²) in [5.74, 6) is -0.0564. The Balaban J connectivity index is 1.56. The summed E-state index contributed by atoms with van der Waals surface area (Å²) >= 11 is 0. The topological polar surface area (TPSA) is 49.6 Å². The van der Waals surface area contributed by atoms with Crippen LogP contribution < -0.4 is 10.2 Å². The number of fused-ring (bicyclic) bond motifs is 1. The quantitative estimate of drug-likeness (QED) is 0.787. The fourth-order valence-electron chi connectivity index (χ4n) is 2.42. The number of hydrogen-bond acceptors (Lipinski definition) is 3. The zero-order valence-corrected chi connectivity index (χ0v) is 13.4.